The van der Waals surface area contributed by atoms with Crippen LogP contribution >= 0.6 is 0 Å². The average molecular weight is 840 g/mol. The lowest BCUT2D eigenvalue weighted by atomic mass is 10.0. The predicted octanol–water partition coefficient (Wildman–Crippen LogP) is 16.3. The maximum absolute atomic E-state index is 12.4. The Hall–Kier alpha value is -3.47. The first-order valence-electron chi connectivity index (χ1n) is 24.9. The molecule has 0 spiro atoms. The van der Waals surface area contributed by atoms with Crippen LogP contribution in [0.15, 0.2) is 134 Å². The lowest BCUT2D eigenvalue weighted by Gasteiger charge is -2.19. The van der Waals surface area contributed by atoms with Crippen LogP contribution in [0.5, 0.6) is 0 Å². The zero-order valence-electron chi connectivity index (χ0n) is 39.4. The first-order valence-corrected chi connectivity index (χ1v) is 24.9. The second kappa shape index (κ2) is 50.9. The Morgan fingerprint density at radius 2 is 0.738 bits per heavy atom. The molecule has 0 aliphatic rings. The molecule has 0 saturated carbocycles. The number of aliphatic hydroxyl groups is 2. The minimum Gasteiger partial charge on any atom is -0.394 e. The Morgan fingerprint density at radius 1 is 0.410 bits per heavy atom. The van der Waals surface area contributed by atoms with Crippen LogP contribution in [0.4, 0.5) is 0 Å². The molecule has 0 heterocycles. The molecule has 0 rings (SSSR count). The number of unbranched alkanes of at least 4 members (excludes halogenated alkanes) is 16. The first kappa shape index (κ1) is 57.5. The summed E-state index contributed by atoms with van der Waals surface area (Å²) in [5.74, 6) is -0.112. The maximum atomic E-state index is 12.4. The molecule has 3 N–H and O–H groups in total. The molecule has 2 unspecified atom stereocenters. The van der Waals surface area contributed by atoms with Crippen molar-refractivity contribution in [1.82, 2.24) is 5.32 Å². The van der Waals surface area contributed by atoms with Gasteiger partial charge in [-0.1, -0.05) is 225 Å². The normalized spacial score (nSPS) is 14.1. The molecule has 344 valence electrons. The lowest BCUT2D eigenvalue weighted by molar-refractivity contribution is -0.123. The van der Waals surface area contributed by atoms with Gasteiger partial charge in [-0.15, -0.1) is 0 Å². The van der Waals surface area contributed by atoms with Crippen molar-refractivity contribution in [3.63, 3.8) is 0 Å². The fraction of sp³-hybridized carbons (Fsp3) is 0.596. The van der Waals surface area contributed by atoms with Gasteiger partial charge in [0.1, 0.15) is 0 Å². The molecule has 0 fully saturated rings. The van der Waals surface area contributed by atoms with Crippen molar-refractivity contribution in [2.75, 3.05) is 6.61 Å². The summed E-state index contributed by atoms with van der Waals surface area (Å²) < 4.78 is 0. The van der Waals surface area contributed by atoms with Gasteiger partial charge in [0.25, 0.3) is 0 Å². The van der Waals surface area contributed by atoms with Crippen molar-refractivity contribution in [2.45, 2.75) is 212 Å². The number of aliphatic hydroxyl groups excluding tert-OH is 2. The SMILES string of the molecule is CC/C=C\C/C=C\C/C=C\C/C=C\C/C=C\C/C=C\C/C=C\C/C=C\C/C=C\CCCCCC(=O)NC(CO)C(O)/C=C/CC/C=C/CCCCCCCCCCCCCC. The fourth-order valence-corrected chi connectivity index (χ4v) is 6.60. The van der Waals surface area contributed by atoms with E-state index in [1.807, 2.05) is 6.08 Å². The zero-order chi connectivity index (χ0) is 44.2. The summed E-state index contributed by atoms with van der Waals surface area (Å²) in [6.07, 6.45) is 80.0. The Bertz CT molecular complexity index is 1270. The van der Waals surface area contributed by atoms with E-state index in [-0.39, 0.29) is 12.5 Å². The molecule has 0 saturated heterocycles. The highest BCUT2D eigenvalue weighted by Gasteiger charge is 2.17. The van der Waals surface area contributed by atoms with Crippen LogP contribution in [0.25, 0.3) is 0 Å². The molecule has 0 aromatic rings. The first-order chi connectivity index (χ1) is 30.2. The number of hydrogen-bond donors (Lipinski definition) is 3. The van der Waals surface area contributed by atoms with Gasteiger partial charge in [0.15, 0.2) is 0 Å². The van der Waals surface area contributed by atoms with Gasteiger partial charge in [-0.3, -0.25) is 4.79 Å². The van der Waals surface area contributed by atoms with E-state index in [1.54, 1.807) is 6.08 Å². The third kappa shape index (κ3) is 47.4. The van der Waals surface area contributed by atoms with E-state index in [0.29, 0.717) is 6.42 Å². The monoisotopic (exact) mass is 840 g/mol. The second-order valence-electron chi connectivity index (χ2n) is 16.1. The Morgan fingerprint density at radius 3 is 1.15 bits per heavy atom. The molecule has 0 bridgehead atoms. The minimum atomic E-state index is -0.887. The zero-order valence-corrected chi connectivity index (χ0v) is 39.4. The molecule has 61 heavy (non-hydrogen) atoms. The van der Waals surface area contributed by atoms with E-state index in [1.165, 1.54) is 77.0 Å². The Balaban J connectivity index is 3.76. The van der Waals surface area contributed by atoms with Crippen molar-refractivity contribution >= 4 is 5.91 Å². The molecular formula is C57H93NO3. The summed E-state index contributed by atoms with van der Waals surface area (Å²) >= 11 is 0. The van der Waals surface area contributed by atoms with Gasteiger partial charge in [0.05, 0.1) is 18.8 Å². The van der Waals surface area contributed by atoms with Crippen LogP contribution in [0.1, 0.15) is 200 Å². The fourth-order valence-electron chi connectivity index (χ4n) is 6.60. The molecule has 0 aliphatic heterocycles. The van der Waals surface area contributed by atoms with E-state index in [2.05, 4.69) is 141 Å². The summed E-state index contributed by atoms with van der Waals surface area (Å²) in [6, 6.07) is -0.667. The number of rotatable bonds is 43. The lowest BCUT2D eigenvalue weighted by Crippen LogP contribution is -2.45. The molecule has 4 nitrogen and oxygen atoms in total. The largest absolute Gasteiger partial charge is 0.394 e. The molecule has 0 aliphatic carbocycles. The number of allylic oxidation sites excluding steroid dienone is 21. The summed E-state index contributed by atoms with van der Waals surface area (Å²) in [5.41, 5.74) is 0. The maximum Gasteiger partial charge on any atom is 0.220 e. The van der Waals surface area contributed by atoms with Crippen molar-refractivity contribution in [3.05, 3.63) is 134 Å². The number of hydrogen-bond acceptors (Lipinski definition) is 3. The number of carbonyl (C=O) groups excluding carboxylic acids is 1. The van der Waals surface area contributed by atoms with Crippen molar-refractivity contribution < 1.29 is 15.0 Å². The van der Waals surface area contributed by atoms with Crippen LogP contribution in [-0.4, -0.2) is 34.9 Å². The van der Waals surface area contributed by atoms with E-state index < -0.39 is 12.1 Å². The van der Waals surface area contributed by atoms with Gasteiger partial charge in [0.2, 0.25) is 5.91 Å². The van der Waals surface area contributed by atoms with E-state index in [4.69, 9.17) is 0 Å². The quantitative estimate of drug-likeness (QED) is 0.0423. The molecule has 1 amide bonds. The average Bonchev–Trinajstić information content (AvgIpc) is 3.26. The van der Waals surface area contributed by atoms with Crippen molar-refractivity contribution in [3.8, 4) is 0 Å². The summed E-state index contributed by atoms with van der Waals surface area (Å²) in [5, 5.41) is 23.0. The van der Waals surface area contributed by atoms with Crippen LogP contribution in [0.3, 0.4) is 0 Å². The molecule has 0 aromatic heterocycles. The summed E-state index contributed by atoms with van der Waals surface area (Å²) in [6.45, 7) is 4.16. The third-order valence-electron chi connectivity index (χ3n) is 10.4. The standard InChI is InChI=1S/C57H93NO3/c1-3-5-7-9-11-13-15-17-19-21-23-24-25-26-27-28-29-30-31-32-33-34-35-37-39-41-43-45-47-49-51-53-57(61)58-55(54-59)56(60)52-50-48-46-44-42-40-38-36-22-20-18-16-14-12-10-8-6-4-2/h5,7,11,13,17,19,23-24,26-27,29-30,32-33,35,37,41-44,50,52,55-56,59-60H,3-4,6,8-10,12,14-16,18,20-22,25,28,31,34,36,38-40,45-49,51,53-54H2,1-2H3,(H,58,61)/b7-5-,13-11-,19-17-,24-23-,27-26-,30-29-,33-32-,37-35-,43-41-,44-42+,52-50+. The predicted molar refractivity (Wildman–Crippen MR) is 271 cm³/mol. The molecule has 0 aromatic carbocycles. The van der Waals surface area contributed by atoms with Gasteiger partial charge in [-0.2, -0.15) is 0 Å². The highest BCUT2D eigenvalue weighted by Crippen LogP contribution is 2.13. The highest BCUT2D eigenvalue weighted by atomic mass is 16.3. The van der Waals surface area contributed by atoms with Gasteiger partial charge >= 0.3 is 0 Å². The van der Waals surface area contributed by atoms with Crippen LogP contribution in [-0.2, 0) is 4.79 Å². The third-order valence-corrected chi connectivity index (χ3v) is 10.4. The number of nitrogens with one attached hydrogen (secondary N) is 1. The molecule has 4 heteroatoms. The Labute approximate surface area is 377 Å². The smallest absolute Gasteiger partial charge is 0.220 e. The second-order valence-corrected chi connectivity index (χ2v) is 16.1. The number of amides is 1. The number of carbonyl (C=O) groups is 1. The summed E-state index contributed by atoms with van der Waals surface area (Å²) in [4.78, 5) is 12.4. The molecular weight excluding hydrogens is 747 g/mol. The van der Waals surface area contributed by atoms with Crippen molar-refractivity contribution in [1.29, 1.82) is 0 Å². The summed E-state index contributed by atoms with van der Waals surface area (Å²) in [7, 11) is 0. The van der Waals surface area contributed by atoms with Gasteiger partial charge in [-0.05, 0) is 103 Å². The highest BCUT2D eigenvalue weighted by molar-refractivity contribution is 5.76. The minimum absolute atomic E-state index is 0.112. The van der Waals surface area contributed by atoms with Crippen LogP contribution in [0, 0.1) is 0 Å². The van der Waals surface area contributed by atoms with E-state index in [9.17, 15) is 15.0 Å². The van der Waals surface area contributed by atoms with Crippen molar-refractivity contribution in [2.24, 2.45) is 0 Å². The van der Waals surface area contributed by atoms with Crippen LogP contribution in [0.2, 0.25) is 0 Å². The Kier molecular flexibility index (Phi) is 48.0. The van der Waals surface area contributed by atoms with Crippen LogP contribution < -0.4 is 5.32 Å². The van der Waals surface area contributed by atoms with E-state index in [0.717, 1.165) is 103 Å². The topological polar surface area (TPSA) is 69.6 Å². The molecule has 0 radical (unpaired) electrons. The van der Waals surface area contributed by atoms with Gasteiger partial charge in [0, 0.05) is 6.42 Å². The van der Waals surface area contributed by atoms with E-state index >= 15 is 0 Å². The van der Waals surface area contributed by atoms with Gasteiger partial charge < -0.3 is 15.5 Å². The molecule has 2 atom stereocenters. The van der Waals surface area contributed by atoms with Gasteiger partial charge in [-0.25, -0.2) is 0 Å².